The first-order valence-corrected chi connectivity index (χ1v) is 9.63. The van der Waals surface area contributed by atoms with Crippen molar-refractivity contribution >= 4 is 37.7 Å². The van der Waals surface area contributed by atoms with Crippen LogP contribution in [0.3, 0.4) is 0 Å². The third-order valence-electron chi connectivity index (χ3n) is 5.18. The third kappa shape index (κ3) is 2.56. The molecule has 4 heteroatoms. The van der Waals surface area contributed by atoms with Crippen LogP contribution in [0.15, 0.2) is 83.6 Å². The minimum atomic E-state index is -0.0289. The van der Waals surface area contributed by atoms with E-state index in [2.05, 4.69) is 80.8 Å². The lowest BCUT2D eigenvalue weighted by molar-refractivity contribution is 0.471. The Morgan fingerprint density at radius 2 is 1.22 bits per heavy atom. The van der Waals surface area contributed by atoms with Crippen LogP contribution >= 0.6 is 15.9 Å². The molecule has 0 saturated heterocycles. The molecule has 0 aliphatic heterocycles. The number of rotatable bonds is 3. The van der Waals surface area contributed by atoms with Gasteiger partial charge in [-0.1, -0.05) is 48.5 Å². The number of halogens is 1. The molecule has 3 N–H and O–H groups in total. The molecule has 3 nitrogen and oxygen atoms in total. The van der Waals surface area contributed by atoms with E-state index >= 15 is 0 Å². The smallest absolute Gasteiger partial charge is 0.130 e. The number of phenols is 1. The summed E-state index contributed by atoms with van der Waals surface area (Å²) in [5.74, 6) is 0.218. The van der Waals surface area contributed by atoms with Gasteiger partial charge in [-0.2, -0.15) is 0 Å². The standard InChI is InChI=1S/C23H17BrN2O/c24-23-16(8-5-11-21(23)27)22(17-12-25-19-9-3-1-6-14(17)19)18-13-26-20-10-4-2-7-15(18)20/h1-13,22,25-27H. The van der Waals surface area contributed by atoms with E-state index in [0.717, 1.165) is 21.1 Å². The van der Waals surface area contributed by atoms with Gasteiger partial charge in [0.2, 0.25) is 0 Å². The number of hydrogen-bond donors (Lipinski definition) is 3. The van der Waals surface area contributed by atoms with Gasteiger partial charge in [-0.15, -0.1) is 0 Å². The van der Waals surface area contributed by atoms with Crippen LogP contribution in [0, 0.1) is 0 Å². The molecule has 3 aromatic carbocycles. The monoisotopic (exact) mass is 416 g/mol. The van der Waals surface area contributed by atoms with Gasteiger partial charge < -0.3 is 15.1 Å². The van der Waals surface area contributed by atoms with Gasteiger partial charge >= 0.3 is 0 Å². The summed E-state index contributed by atoms with van der Waals surface area (Å²) < 4.78 is 0.727. The molecule has 0 unspecified atom stereocenters. The summed E-state index contributed by atoms with van der Waals surface area (Å²) in [5.41, 5.74) is 5.61. The number of nitrogens with one attached hydrogen (secondary N) is 2. The molecule has 5 aromatic rings. The summed E-state index contributed by atoms with van der Waals surface area (Å²) in [6.07, 6.45) is 4.15. The molecule has 0 spiro atoms. The van der Waals surface area contributed by atoms with Crippen LogP contribution < -0.4 is 0 Å². The van der Waals surface area contributed by atoms with Gasteiger partial charge in [0.15, 0.2) is 0 Å². The third-order valence-corrected chi connectivity index (χ3v) is 6.05. The van der Waals surface area contributed by atoms with E-state index in [0.29, 0.717) is 0 Å². The number of aromatic amines is 2. The Balaban J connectivity index is 1.84. The van der Waals surface area contributed by atoms with Gasteiger partial charge in [0.25, 0.3) is 0 Å². The number of aromatic hydroxyl groups is 1. The van der Waals surface area contributed by atoms with E-state index < -0.39 is 0 Å². The fourth-order valence-corrected chi connectivity index (χ4v) is 4.42. The SMILES string of the molecule is Oc1cccc(C(c2c[nH]c3ccccc23)c2c[nH]c3ccccc23)c1Br. The van der Waals surface area contributed by atoms with E-state index in [1.54, 1.807) is 6.07 Å². The average molecular weight is 417 g/mol. The first kappa shape index (κ1) is 16.2. The number of benzene rings is 3. The van der Waals surface area contributed by atoms with Gasteiger partial charge in [-0.05, 0) is 50.8 Å². The number of phenolic OH excluding ortho intramolecular Hbond substituents is 1. The zero-order valence-corrected chi connectivity index (χ0v) is 16.0. The Morgan fingerprint density at radius 1 is 0.667 bits per heavy atom. The second-order valence-corrected chi connectivity index (χ2v) is 7.49. The van der Waals surface area contributed by atoms with Crippen molar-refractivity contribution in [3.05, 3.63) is 100 Å². The van der Waals surface area contributed by atoms with Crippen molar-refractivity contribution in [1.29, 1.82) is 0 Å². The van der Waals surface area contributed by atoms with E-state index in [1.807, 2.05) is 18.2 Å². The summed E-state index contributed by atoms with van der Waals surface area (Å²) in [6, 6.07) is 22.3. The van der Waals surface area contributed by atoms with Crippen LogP contribution in [-0.4, -0.2) is 15.1 Å². The van der Waals surface area contributed by atoms with Gasteiger partial charge in [0.1, 0.15) is 5.75 Å². The van der Waals surface area contributed by atoms with Crippen LogP contribution in [0.4, 0.5) is 0 Å². The Labute approximate surface area is 164 Å². The molecule has 0 fully saturated rings. The van der Waals surface area contributed by atoms with Crippen LogP contribution in [0.25, 0.3) is 21.8 Å². The second-order valence-electron chi connectivity index (χ2n) is 6.69. The molecule has 0 aliphatic rings. The van der Waals surface area contributed by atoms with Crippen molar-refractivity contribution < 1.29 is 5.11 Å². The molecule has 0 aliphatic carbocycles. The van der Waals surface area contributed by atoms with Crippen LogP contribution in [0.5, 0.6) is 5.75 Å². The zero-order chi connectivity index (χ0) is 18.4. The summed E-state index contributed by atoms with van der Waals surface area (Å²) in [4.78, 5) is 6.79. The zero-order valence-electron chi connectivity index (χ0n) is 14.4. The fourth-order valence-electron chi connectivity index (χ4n) is 3.93. The summed E-state index contributed by atoms with van der Waals surface area (Å²) in [5, 5.41) is 12.7. The van der Waals surface area contributed by atoms with Crippen molar-refractivity contribution in [2.45, 2.75) is 5.92 Å². The van der Waals surface area contributed by atoms with Crippen molar-refractivity contribution in [1.82, 2.24) is 9.97 Å². The first-order valence-electron chi connectivity index (χ1n) is 8.83. The molecule has 0 bridgehead atoms. The van der Waals surface area contributed by atoms with Crippen molar-refractivity contribution in [3.8, 4) is 5.75 Å². The van der Waals surface area contributed by atoms with E-state index in [9.17, 15) is 5.11 Å². The Hall–Kier alpha value is -2.98. The van der Waals surface area contributed by atoms with Crippen LogP contribution in [0.1, 0.15) is 22.6 Å². The molecular formula is C23H17BrN2O. The minimum Gasteiger partial charge on any atom is -0.507 e. The number of aromatic nitrogens is 2. The predicted molar refractivity (Wildman–Crippen MR) is 113 cm³/mol. The molecule has 0 amide bonds. The lowest BCUT2D eigenvalue weighted by Crippen LogP contribution is -2.03. The van der Waals surface area contributed by atoms with E-state index in [1.165, 1.54) is 21.9 Å². The molecule has 0 radical (unpaired) electrons. The van der Waals surface area contributed by atoms with Crippen LogP contribution in [-0.2, 0) is 0 Å². The number of fused-ring (bicyclic) bond motifs is 2. The number of para-hydroxylation sites is 2. The van der Waals surface area contributed by atoms with Crippen molar-refractivity contribution in [2.75, 3.05) is 0 Å². The highest BCUT2D eigenvalue weighted by Gasteiger charge is 2.25. The van der Waals surface area contributed by atoms with E-state index in [4.69, 9.17) is 0 Å². The fraction of sp³-hybridized carbons (Fsp3) is 0.0435. The van der Waals surface area contributed by atoms with E-state index in [-0.39, 0.29) is 11.7 Å². The first-order chi connectivity index (χ1) is 13.2. The largest absolute Gasteiger partial charge is 0.507 e. The maximum Gasteiger partial charge on any atom is 0.130 e. The quantitative estimate of drug-likeness (QED) is 0.317. The number of hydrogen-bond acceptors (Lipinski definition) is 1. The predicted octanol–water partition coefficient (Wildman–Crippen LogP) is 6.30. The molecule has 0 atom stereocenters. The van der Waals surface area contributed by atoms with Crippen molar-refractivity contribution in [3.63, 3.8) is 0 Å². The molecule has 2 aromatic heterocycles. The van der Waals surface area contributed by atoms with Gasteiger partial charge in [0, 0.05) is 40.1 Å². The Morgan fingerprint density at radius 3 is 1.81 bits per heavy atom. The maximum atomic E-state index is 10.3. The lowest BCUT2D eigenvalue weighted by atomic mass is 9.84. The average Bonchev–Trinajstić information content (AvgIpc) is 3.31. The molecule has 27 heavy (non-hydrogen) atoms. The molecule has 5 rings (SSSR count). The molecule has 2 heterocycles. The minimum absolute atomic E-state index is 0.0289. The Bertz CT molecular complexity index is 1190. The summed E-state index contributed by atoms with van der Waals surface area (Å²) >= 11 is 3.61. The topological polar surface area (TPSA) is 51.8 Å². The van der Waals surface area contributed by atoms with Gasteiger partial charge in [-0.3, -0.25) is 0 Å². The molecule has 0 saturated carbocycles. The maximum absolute atomic E-state index is 10.3. The summed E-state index contributed by atoms with van der Waals surface area (Å²) in [6.45, 7) is 0. The van der Waals surface area contributed by atoms with Gasteiger partial charge in [-0.25, -0.2) is 0 Å². The highest BCUT2D eigenvalue weighted by atomic mass is 79.9. The van der Waals surface area contributed by atoms with Gasteiger partial charge in [0.05, 0.1) is 4.47 Å². The highest BCUT2D eigenvalue weighted by Crippen LogP contribution is 2.43. The normalized spacial score (nSPS) is 11.6. The van der Waals surface area contributed by atoms with Crippen LogP contribution in [0.2, 0.25) is 0 Å². The molecule has 132 valence electrons. The number of H-pyrrole nitrogens is 2. The lowest BCUT2D eigenvalue weighted by Gasteiger charge is -2.19. The second kappa shape index (κ2) is 6.32. The van der Waals surface area contributed by atoms with Crippen molar-refractivity contribution in [2.24, 2.45) is 0 Å². The summed E-state index contributed by atoms with van der Waals surface area (Å²) in [7, 11) is 0. The Kier molecular flexibility index (Phi) is 3.80. The molecular weight excluding hydrogens is 400 g/mol. The highest BCUT2D eigenvalue weighted by molar-refractivity contribution is 9.10.